The largest absolute Gasteiger partial charge is 0.350 e. The molecule has 3 aromatic rings. The fraction of sp³-hybridized carbons (Fsp3) is 0.273. The molecule has 0 spiro atoms. The van der Waals surface area contributed by atoms with Crippen LogP contribution in [-0.4, -0.2) is 16.0 Å². The van der Waals surface area contributed by atoms with Crippen LogP contribution in [-0.2, 0) is 13.1 Å². The smallest absolute Gasteiger partial charge is 0.128 e. The Kier molecular flexibility index (Phi) is 4.41. The van der Waals surface area contributed by atoms with Gasteiger partial charge < -0.3 is 4.57 Å². The van der Waals surface area contributed by atoms with Crippen molar-refractivity contribution in [3.05, 3.63) is 95.1 Å². The number of nitrogens with zero attached hydrogens (tertiary/aromatic N) is 2. The van der Waals surface area contributed by atoms with Gasteiger partial charge in [0, 0.05) is 37.1 Å². The Morgan fingerprint density at radius 1 is 0.960 bits per heavy atom. The van der Waals surface area contributed by atoms with Gasteiger partial charge in [0.25, 0.3) is 0 Å². The van der Waals surface area contributed by atoms with Gasteiger partial charge in [0.15, 0.2) is 0 Å². The highest BCUT2D eigenvalue weighted by atomic mass is 19.1. The third kappa shape index (κ3) is 3.24. The van der Waals surface area contributed by atoms with E-state index in [1.54, 1.807) is 12.1 Å². The van der Waals surface area contributed by atoms with Gasteiger partial charge in [-0.05, 0) is 37.1 Å². The monoisotopic (exact) mass is 334 g/mol. The highest BCUT2D eigenvalue weighted by Gasteiger charge is 2.29. The predicted octanol–water partition coefficient (Wildman–Crippen LogP) is 4.93. The van der Waals surface area contributed by atoms with E-state index in [0.717, 1.165) is 31.6 Å². The topological polar surface area (TPSA) is 8.17 Å². The van der Waals surface area contributed by atoms with Gasteiger partial charge in [-0.2, -0.15) is 0 Å². The van der Waals surface area contributed by atoms with E-state index in [2.05, 4.69) is 59.0 Å². The van der Waals surface area contributed by atoms with Crippen LogP contribution in [0.15, 0.2) is 66.9 Å². The first kappa shape index (κ1) is 16.1. The maximum Gasteiger partial charge on any atom is 0.128 e. The summed E-state index contributed by atoms with van der Waals surface area (Å²) in [5.74, 6) is -0.129. The molecule has 1 aliphatic rings. The van der Waals surface area contributed by atoms with Crippen LogP contribution in [0.25, 0.3) is 0 Å². The van der Waals surface area contributed by atoms with Crippen molar-refractivity contribution in [3.63, 3.8) is 0 Å². The van der Waals surface area contributed by atoms with E-state index < -0.39 is 0 Å². The molecule has 0 unspecified atom stereocenters. The van der Waals surface area contributed by atoms with Crippen molar-refractivity contribution in [2.45, 2.75) is 32.5 Å². The van der Waals surface area contributed by atoms with Crippen molar-refractivity contribution in [3.8, 4) is 0 Å². The van der Waals surface area contributed by atoms with E-state index in [1.165, 1.54) is 16.8 Å². The van der Waals surface area contributed by atoms with E-state index in [0.29, 0.717) is 0 Å². The second-order valence-corrected chi connectivity index (χ2v) is 6.86. The highest BCUT2D eigenvalue weighted by molar-refractivity contribution is 5.31. The zero-order valence-electron chi connectivity index (χ0n) is 14.5. The molecule has 0 aliphatic carbocycles. The minimum absolute atomic E-state index is 0.0556. The average molecular weight is 334 g/mol. The van der Waals surface area contributed by atoms with Crippen molar-refractivity contribution >= 4 is 0 Å². The van der Waals surface area contributed by atoms with Gasteiger partial charge in [0.2, 0.25) is 0 Å². The maximum absolute atomic E-state index is 14.6. The molecule has 4 rings (SSSR count). The van der Waals surface area contributed by atoms with Crippen LogP contribution in [0, 0.1) is 12.7 Å². The minimum Gasteiger partial charge on any atom is -0.350 e. The number of benzene rings is 2. The van der Waals surface area contributed by atoms with Gasteiger partial charge >= 0.3 is 0 Å². The van der Waals surface area contributed by atoms with E-state index in [9.17, 15) is 4.39 Å². The summed E-state index contributed by atoms with van der Waals surface area (Å²) >= 11 is 0. The Labute approximate surface area is 148 Å². The number of aryl methyl sites for hydroxylation is 2. The molecule has 1 aliphatic heterocycles. The first-order chi connectivity index (χ1) is 12.2. The second kappa shape index (κ2) is 6.85. The number of rotatable bonds is 3. The molecule has 0 N–H and O–H groups in total. The predicted molar refractivity (Wildman–Crippen MR) is 98.9 cm³/mol. The standard InChI is InChI=1S/C22H23FN2/c1-17-9-11-18(12-10-17)16-25-15-5-14-24-13-4-8-21(24)22(25)19-6-2-3-7-20(19)23/h2-4,6-13,22H,5,14-16H2,1H3/t22-/m0/s1. The van der Waals surface area contributed by atoms with Crippen LogP contribution in [0.3, 0.4) is 0 Å². The molecule has 0 saturated carbocycles. The number of hydrogen-bond donors (Lipinski definition) is 0. The number of aromatic nitrogens is 1. The lowest BCUT2D eigenvalue weighted by Gasteiger charge is -2.31. The van der Waals surface area contributed by atoms with Crippen molar-refractivity contribution in [2.75, 3.05) is 6.54 Å². The summed E-state index contributed by atoms with van der Waals surface area (Å²) in [6.07, 6.45) is 3.18. The Morgan fingerprint density at radius 3 is 2.56 bits per heavy atom. The van der Waals surface area contributed by atoms with Crippen LogP contribution in [0.5, 0.6) is 0 Å². The molecule has 2 heterocycles. The van der Waals surface area contributed by atoms with Gasteiger partial charge in [0.1, 0.15) is 5.82 Å². The van der Waals surface area contributed by atoms with Gasteiger partial charge in [-0.15, -0.1) is 0 Å². The SMILES string of the molecule is Cc1ccc(CN2CCCn3cccc3[C@@H]2c2ccccc2F)cc1. The van der Waals surface area contributed by atoms with Gasteiger partial charge in [-0.25, -0.2) is 4.39 Å². The number of halogens is 1. The summed E-state index contributed by atoms with van der Waals surface area (Å²) in [5, 5.41) is 0. The molecule has 0 fully saturated rings. The van der Waals surface area contributed by atoms with Crippen LogP contribution < -0.4 is 0 Å². The molecule has 2 aromatic carbocycles. The summed E-state index contributed by atoms with van der Waals surface area (Å²) in [4.78, 5) is 2.40. The highest BCUT2D eigenvalue weighted by Crippen LogP contribution is 2.34. The summed E-state index contributed by atoms with van der Waals surface area (Å²) in [6, 6.07) is 20.0. The van der Waals surface area contributed by atoms with Gasteiger partial charge in [0.05, 0.1) is 6.04 Å². The van der Waals surface area contributed by atoms with Crippen LogP contribution in [0.1, 0.15) is 34.8 Å². The molecule has 128 valence electrons. The summed E-state index contributed by atoms with van der Waals surface area (Å²) in [5.41, 5.74) is 4.47. The summed E-state index contributed by atoms with van der Waals surface area (Å²) in [6.45, 7) is 4.86. The molecule has 2 nitrogen and oxygen atoms in total. The molecule has 0 amide bonds. The quantitative estimate of drug-likeness (QED) is 0.659. The van der Waals surface area contributed by atoms with Crippen molar-refractivity contribution in [1.29, 1.82) is 0 Å². The first-order valence-corrected chi connectivity index (χ1v) is 8.91. The average Bonchev–Trinajstić information content (AvgIpc) is 3.00. The normalized spacial score (nSPS) is 17.9. The van der Waals surface area contributed by atoms with Gasteiger partial charge in [-0.1, -0.05) is 48.0 Å². The Hall–Kier alpha value is -2.39. The van der Waals surface area contributed by atoms with E-state index in [4.69, 9.17) is 0 Å². The molecule has 0 bridgehead atoms. The molecular weight excluding hydrogens is 311 g/mol. The Bertz CT molecular complexity index is 850. The lowest BCUT2D eigenvalue weighted by molar-refractivity contribution is 0.216. The van der Waals surface area contributed by atoms with Crippen LogP contribution in [0.2, 0.25) is 0 Å². The molecule has 25 heavy (non-hydrogen) atoms. The minimum atomic E-state index is -0.129. The van der Waals surface area contributed by atoms with Crippen LogP contribution in [0.4, 0.5) is 4.39 Å². The van der Waals surface area contributed by atoms with E-state index in [1.807, 2.05) is 12.1 Å². The third-order valence-electron chi connectivity index (χ3n) is 5.06. The van der Waals surface area contributed by atoms with Crippen molar-refractivity contribution in [1.82, 2.24) is 9.47 Å². The zero-order valence-corrected chi connectivity index (χ0v) is 14.5. The molecular formula is C22H23FN2. The maximum atomic E-state index is 14.6. The first-order valence-electron chi connectivity index (χ1n) is 8.91. The third-order valence-corrected chi connectivity index (χ3v) is 5.06. The Morgan fingerprint density at radius 2 is 1.76 bits per heavy atom. The lowest BCUT2D eigenvalue weighted by Crippen LogP contribution is -2.30. The lowest BCUT2D eigenvalue weighted by atomic mass is 10.0. The molecule has 0 radical (unpaired) electrons. The number of hydrogen-bond acceptors (Lipinski definition) is 1. The van der Waals surface area contributed by atoms with E-state index >= 15 is 0 Å². The second-order valence-electron chi connectivity index (χ2n) is 6.86. The van der Waals surface area contributed by atoms with E-state index in [-0.39, 0.29) is 11.9 Å². The molecule has 0 saturated heterocycles. The summed E-state index contributed by atoms with van der Waals surface area (Å²) in [7, 11) is 0. The zero-order chi connectivity index (χ0) is 17.2. The Balaban J connectivity index is 1.75. The fourth-order valence-corrected chi connectivity index (χ4v) is 3.79. The number of fused-ring (bicyclic) bond motifs is 1. The molecule has 1 aromatic heterocycles. The summed E-state index contributed by atoms with van der Waals surface area (Å²) < 4.78 is 16.9. The van der Waals surface area contributed by atoms with Gasteiger partial charge in [-0.3, -0.25) is 4.90 Å². The fourth-order valence-electron chi connectivity index (χ4n) is 3.79. The molecule has 1 atom stereocenters. The van der Waals surface area contributed by atoms with Crippen molar-refractivity contribution in [2.24, 2.45) is 0 Å². The van der Waals surface area contributed by atoms with Crippen LogP contribution >= 0.6 is 0 Å². The molecule has 3 heteroatoms. The van der Waals surface area contributed by atoms with Crippen molar-refractivity contribution < 1.29 is 4.39 Å².